The summed E-state index contributed by atoms with van der Waals surface area (Å²) >= 11 is 16.9. The van der Waals surface area contributed by atoms with Crippen LogP contribution >= 0.6 is 79.6 Å². The maximum absolute atomic E-state index is 11.7. The van der Waals surface area contributed by atoms with Crippen LogP contribution in [-0.2, 0) is 0 Å². The van der Waals surface area contributed by atoms with Gasteiger partial charge in [0.15, 0.2) is 5.69 Å². The maximum atomic E-state index is 11.7. The topological polar surface area (TPSA) is 133 Å². The molecule has 2 aromatic carbocycles. The van der Waals surface area contributed by atoms with Gasteiger partial charge < -0.3 is 4.90 Å². The molecule has 10 nitrogen and oxygen atoms in total. The summed E-state index contributed by atoms with van der Waals surface area (Å²) in [6.45, 7) is 1.72. The predicted molar refractivity (Wildman–Crippen MR) is 124 cm³/mol. The van der Waals surface area contributed by atoms with Crippen LogP contribution in [0.15, 0.2) is 34.5 Å². The summed E-state index contributed by atoms with van der Waals surface area (Å²) in [7, 11) is 0. The van der Waals surface area contributed by atoms with E-state index in [1.807, 2.05) is 0 Å². The van der Waals surface area contributed by atoms with E-state index in [1.54, 1.807) is 6.92 Å². The van der Waals surface area contributed by atoms with Gasteiger partial charge in [0.05, 0.1) is 41.5 Å². The molecule has 0 spiro atoms. The van der Waals surface area contributed by atoms with E-state index in [1.165, 1.54) is 4.90 Å². The molecule has 0 aliphatic heterocycles. The normalized spacial score (nSPS) is 10.7. The maximum Gasteiger partial charge on any atom is 0.306 e. The number of non-ortho nitro benzene ring substituents is 1. The highest BCUT2D eigenvalue weighted by Crippen LogP contribution is 2.53. The SMILES string of the molecule is CCN(c1c([N+](=O)[O-])cc([N+](=O)[O-])cc1[N+](=O)[O-])c1c(Br)c(Br)c(Br)c(Br)c1Br. The first-order valence-corrected chi connectivity index (χ1v) is 11.3. The molecule has 0 aliphatic carbocycles. The van der Waals surface area contributed by atoms with Gasteiger partial charge in [0.1, 0.15) is 0 Å². The molecule has 0 radical (unpaired) electrons. The molecule has 0 fully saturated rings. The molecule has 2 aromatic rings. The summed E-state index contributed by atoms with van der Waals surface area (Å²) in [6.07, 6.45) is 0. The summed E-state index contributed by atoms with van der Waals surface area (Å²) in [4.78, 5) is 33.1. The van der Waals surface area contributed by atoms with Crippen molar-refractivity contribution in [3.05, 3.63) is 64.8 Å². The van der Waals surface area contributed by atoms with Crippen LogP contribution in [0.1, 0.15) is 6.92 Å². The Balaban J connectivity index is 3.00. The van der Waals surface area contributed by atoms with Crippen LogP contribution in [-0.4, -0.2) is 21.3 Å². The minimum absolute atomic E-state index is 0.0806. The zero-order valence-electron chi connectivity index (χ0n) is 14.0. The fourth-order valence-corrected chi connectivity index (χ4v) is 5.96. The van der Waals surface area contributed by atoms with Crippen molar-refractivity contribution in [2.75, 3.05) is 11.4 Å². The average Bonchev–Trinajstić information content (AvgIpc) is 2.67. The monoisotopic (exact) mass is 722 g/mol. The van der Waals surface area contributed by atoms with Gasteiger partial charge in [-0.1, -0.05) is 0 Å². The largest absolute Gasteiger partial charge is 0.329 e. The van der Waals surface area contributed by atoms with Crippen LogP contribution in [0.5, 0.6) is 0 Å². The van der Waals surface area contributed by atoms with Crippen molar-refractivity contribution in [2.24, 2.45) is 0 Å². The zero-order chi connectivity index (χ0) is 22.2. The number of hydrogen-bond donors (Lipinski definition) is 0. The van der Waals surface area contributed by atoms with Crippen molar-refractivity contribution in [2.45, 2.75) is 6.92 Å². The van der Waals surface area contributed by atoms with Gasteiger partial charge >= 0.3 is 11.4 Å². The Morgan fingerprint density at radius 1 is 0.724 bits per heavy atom. The van der Waals surface area contributed by atoms with Gasteiger partial charge in [0, 0.05) is 20.0 Å². The highest BCUT2D eigenvalue weighted by molar-refractivity contribution is 9.15. The standard InChI is InChI=1S/C14H7Br5N4O6/c1-2-20(14-11(18)9(16)8(15)10(17)12(14)19)13-6(22(26)27)3-5(21(24)25)4-7(13)23(28)29/h3-4H,2H2,1H3. The Hall–Kier alpha value is -1.16. The Kier molecular flexibility index (Phi) is 7.75. The number of nitro benzene ring substituents is 3. The number of anilines is 2. The molecule has 29 heavy (non-hydrogen) atoms. The second-order valence-corrected chi connectivity index (χ2v) is 9.23. The van der Waals surface area contributed by atoms with E-state index < -0.39 is 31.8 Å². The summed E-state index contributed by atoms with van der Waals surface area (Å²) in [5.74, 6) is 0. The molecule has 154 valence electrons. The van der Waals surface area contributed by atoms with Crippen molar-refractivity contribution in [1.29, 1.82) is 0 Å². The van der Waals surface area contributed by atoms with Crippen LogP contribution in [0, 0.1) is 30.3 Å². The van der Waals surface area contributed by atoms with Gasteiger partial charge in [0.2, 0.25) is 0 Å². The lowest BCUT2D eigenvalue weighted by Gasteiger charge is -2.26. The molecular weight excluding hydrogens is 720 g/mol. The molecule has 0 N–H and O–H groups in total. The van der Waals surface area contributed by atoms with Gasteiger partial charge in [-0.25, -0.2) is 0 Å². The second kappa shape index (κ2) is 9.32. The first kappa shape index (κ1) is 24.1. The third-order valence-electron chi connectivity index (χ3n) is 3.70. The summed E-state index contributed by atoms with van der Waals surface area (Å²) in [5, 5.41) is 34.5. The number of nitrogens with zero attached hydrogens (tertiary/aromatic N) is 4. The van der Waals surface area contributed by atoms with Gasteiger partial charge in [-0.2, -0.15) is 0 Å². The van der Waals surface area contributed by atoms with Crippen molar-refractivity contribution in [1.82, 2.24) is 0 Å². The highest BCUT2D eigenvalue weighted by atomic mass is 79.9. The van der Waals surface area contributed by atoms with E-state index >= 15 is 0 Å². The summed E-state index contributed by atoms with van der Waals surface area (Å²) < 4.78 is 2.62. The molecule has 0 aromatic heterocycles. The van der Waals surface area contributed by atoms with E-state index in [-0.39, 0.29) is 12.2 Å². The van der Waals surface area contributed by atoms with E-state index in [0.29, 0.717) is 40.2 Å². The van der Waals surface area contributed by atoms with Crippen LogP contribution < -0.4 is 4.90 Å². The Bertz CT molecular complexity index is 999. The smallest absolute Gasteiger partial charge is 0.306 e. The summed E-state index contributed by atoms with van der Waals surface area (Å²) in [5.41, 5.74) is -2.31. The van der Waals surface area contributed by atoms with E-state index in [0.717, 1.165) is 0 Å². The first-order chi connectivity index (χ1) is 13.4. The predicted octanol–water partition coefficient (Wildman–Crippen LogP) is 7.38. The lowest BCUT2D eigenvalue weighted by Crippen LogP contribution is -2.20. The van der Waals surface area contributed by atoms with Gasteiger partial charge in [-0.3, -0.25) is 30.3 Å². The summed E-state index contributed by atoms with van der Waals surface area (Å²) in [6, 6.07) is 1.41. The number of halogens is 5. The quantitative estimate of drug-likeness (QED) is 0.131. The number of nitro groups is 3. The molecular formula is C14H7Br5N4O6. The third-order valence-corrected chi connectivity index (χ3v) is 9.75. The number of rotatable bonds is 6. The van der Waals surface area contributed by atoms with Gasteiger partial charge in [-0.05, 0) is 86.6 Å². The van der Waals surface area contributed by atoms with E-state index in [2.05, 4.69) is 79.6 Å². The fraction of sp³-hybridized carbons (Fsp3) is 0.143. The minimum atomic E-state index is -0.918. The second-order valence-electron chi connectivity index (χ2n) is 5.27. The van der Waals surface area contributed by atoms with Crippen LogP contribution in [0.3, 0.4) is 0 Å². The van der Waals surface area contributed by atoms with Crippen molar-refractivity contribution < 1.29 is 14.8 Å². The average molecular weight is 727 g/mol. The van der Waals surface area contributed by atoms with Crippen molar-refractivity contribution in [3.63, 3.8) is 0 Å². The molecule has 0 aliphatic rings. The molecule has 0 saturated carbocycles. The van der Waals surface area contributed by atoms with Crippen LogP contribution in [0.4, 0.5) is 28.4 Å². The molecule has 0 unspecified atom stereocenters. The van der Waals surface area contributed by atoms with Gasteiger partial charge in [-0.15, -0.1) is 0 Å². The van der Waals surface area contributed by atoms with E-state index in [4.69, 9.17) is 0 Å². The molecule has 0 bridgehead atoms. The molecule has 0 atom stereocenters. The van der Waals surface area contributed by atoms with Crippen molar-refractivity contribution in [3.8, 4) is 0 Å². The van der Waals surface area contributed by atoms with E-state index in [9.17, 15) is 30.3 Å². The fourth-order valence-electron chi connectivity index (χ4n) is 2.51. The highest BCUT2D eigenvalue weighted by Gasteiger charge is 2.36. The van der Waals surface area contributed by atoms with Crippen molar-refractivity contribution >= 4 is 108 Å². The zero-order valence-corrected chi connectivity index (χ0v) is 21.9. The minimum Gasteiger partial charge on any atom is -0.329 e. The molecule has 0 saturated heterocycles. The molecule has 0 heterocycles. The number of benzene rings is 2. The first-order valence-electron chi connectivity index (χ1n) is 7.34. The molecule has 15 heteroatoms. The number of hydrogen-bond acceptors (Lipinski definition) is 7. The molecule has 0 amide bonds. The lowest BCUT2D eigenvalue weighted by molar-refractivity contribution is -0.402. The Morgan fingerprint density at radius 2 is 1.10 bits per heavy atom. The van der Waals surface area contributed by atoms with Crippen LogP contribution in [0.2, 0.25) is 0 Å². The third kappa shape index (κ3) is 4.47. The Morgan fingerprint density at radius 3 is 1.41 bits per heavy atom. The Labute approximate surface area is 204 Å². The van der Waals surface area contributed by atoms with Gasteiger partial charge in [0.25, 0.3) is 5.69 Å². The lowest BCUT2D eigenvalue weighted by atomic mass is 10.1. The molecule has 2 rings (SSSR count). The van der Waals surface area contributed by atoms with Crippen LogP contribution in [0.25, 0.3) is 0 Å².